The number of methoxy groups -OCH3 is 1. The van der Waals surface area contributed by atoms with Gasteiger partial charge in [0.25, 0.3) is 10.0 Å². The Kier molecular flexibility index (Phi) is 7.39. The van der Waals surface area contributed by atoms with Gasteiger partial charge in [-0.25, -0.2) is 26.8 Å². The molecule has 0 fully saturated rings. The highest BCUT2D eigenvalue weighted by Gasteiger charge is 2.17. The van der Waals surface area contributed by atoms with Crippen LogP contribution in [0.4, 0.5) is 11.5 Å². The van der Waals surface area contributed by atoms with Gasteiger partial charge in [-0.2, -0.15) is 0 Å². The molecule has 0 saturated heterocycles. The minimum Gasteiger partial charge on any atom is -0.497 e. The lowest BCUT2D eigenvalue weighted by Gasteiger charge is -2.11. The van der Waals surface area contributed by atoms with Gasteiger partial charge in [-0.15, -0.1) is 0 Å². The Morgan fingerprint density at radius 1 is 0.848 bits per heavy atom. The molecule has 33 heavy (non-hydrogen) atoms. The maximum atomic E-state index is 12.6. The number of aromatic nitrogens is 2. The molecule has 0 atom stereocenters. The molecule has 0 aliphatic carbocycles. The van der Waals surface area contributed by atoms with Crippen LogP contribution < -0.4 is 18.9 Å². The van der Waals surface area contributed by atoms with Crippen LogP contribution in [0.3, 0.4) is 0 Å². The van der Waals surface area contributed by atoms with E-state index in [1.807, 2.05) is 0 Å². The van der Waals surface area contributed by atoms with Crippen LogP contribution in [0, 0.1) is 13.8 Å². The smallest absolute Gasteiger partial charge is 0.263 e. The van der Waals surface area contributed by atoms with Crippen molar-refractivity contribution < 1.29 is 26.3 Å². The number of hydrogen-bond donors (Lipinski definition) is 2. The topological polar surface area (TPSA) is 137 Å². The highest BCUT2D eigenvalue weighted by molar-refractivity contribution is 7.93. The van der Waals surface area contributed by atoms with E-state index in [9.17, 15) is 16.8 Å². The molecule has 0 aliphatic heterocycles. The largest absolute Gasteiger partial charge is 0.497 e. The van der Waals surface area contributed by atoms with Gasteiger partial charge in [0.05, 0.1) is 12.0 Å². The number of benzene rings is 2. The summed E-state index contributed by atoms with van der Waals surface area (Å²) in [7, 11) is -6.06. The van der Waals surface area contributed by atoms with Crippen LogP contribution in [-0.4, -0.2) is 46.3 Å². The minimum absolute atomic E-state index is 0.0396. The lowest BCUT2D eigenvalue weighted by Crippen LogP contribution is -2.21. The zero-order valence-electron chi connectivity index (χ0n) is 18.3. The van der Waals surface area contributed by atoms with Gasteiger partial charge >= 0.3 is 0 Å². The van der Waals surface area contributed by atoms with Crippen molar-refractivity contribution in [3.8, 4) is 11.5 Å². The molecular weight excluding hydrogens is 468 g/mol. The third kappa shape index (κ3) is 7.05. The maximum Gasteiger partial charge on any atom is 0.263 e. The summed E-state index contributed by atoms with van der Waals surface area (Å²) in [5.74, 6) is 1.49. The van der Waals surface area contributed by atoms with Gasteiger partial charge < -0.3 is 9.47 Å². The first-order valence-corrected chi connectivity index (χ1v) is 12.9. The molecule has 0 radical (unpaired) electrons. The number of sulfonamides is 2. The first-order chi connectivity index (χ1) is 15.6. The summed E-state index contributed by atoms with van der Waals surface area (Å²) in [6, 6.07) is 13.6. The molecule has 1 aromatic heterocycles. The van der Waals surface area contributed by atoms with Crippen LogP contribution in [0.15, 0.2) is 59.5 Å². The van der Waals surface area contributed by atoms with Crippen LogP contribution in [0.1, 0.15) is 11.5 Å². The SMILES string of the molecule is COc1ccc(OCCS(=O)(=O)Nc2ccc(S(=O)(=O)Nc3cc(C)nc(C)n3)cc2)cc1. The van der Waals surface area contributed by atoms with E-state index in [0.29, 0.717) is 23.0 Å². The van der Waals surface area contributed by atoms with Gasteiger partial charge in [0, 0.05) is 17.4 Å². The Morgan fingerprint density at radius 3 is 2.09 bits per heavy atom. The Morgan fingerprint density at radius 2 is 1.48 bits per heavy atom. The zero-order chi connectivity index (χ0) is 24.1. The number of anilines is 2. The van der Waals surface area contributed by atoms with Gasteiger partial charge in [-0.3, -0.25) is 9.44 Å². The Hall–Kier alpha value is -3.38. The fourth-order valence-corrected chi connectivity index (χ4v) is 4.73. The van der Waals surface area contributed by atoms with Crippen molar-refractivity contribution in [1.82, 2.24) is 9.97 Å². The molecule has 10 nitrogen and oxygen atoms in total. The molecule has 3 aromatic rings. The number of ether oxygens (including phenoxy) is 2. The number of hydrogen-bond acceptors (Lipinski definition) is 8. The lowest BCUT2D eigenvalue weighted by atomic mass is 10.3. The molecule has 0 unspecified atom stereocenters. The predicted octanol–water partition coefficient (Wildman–Crippen LogP) is 2.72. The van der Waals surface area contributed by atoms with Crippen molar-refractivity contribution in [3.05, 3.63) is 66.1 Å². The Bertz CT molecular complexity index is 1290. The van der Waals surface area contributed by atoms with Crippen LogP contribution in [0.2, 0.25) is 0 Å². The number of nitrogens with one attached hydrogen (secondary N) is 2. The van der Waals surface area contributed by atoms with Crippen molar-refractivity contribution in [2.24, 2.45) is 0 Å². The summed E-state index contributed by atoms with van der Waals surface area (Å²) < 4.78 is 65.1. The third-order valence-corrected chi connectivity index (χ3v) is 6.94. The molecule has 0 bridgehead atoms. The van der Waals surface area contributed by atoms with E-state index in [4.69, 9.17) is 9.47 Å². The Labute approximate surface area is 193 Å². The third-order valence-electron chi connectivity index (χ3n) is 4.32. The first kappa shape index (κ1) is 24.3. The van der Waals surface area contributed by atoms with E-state index in [2.05, 4.69) is 19.4 Å². The summed E-state index contributed by atoms with van der Waals surface area (Å²) in [4.78, 5) is 8.12. The van der Waals surface area contributed by atoms with E-state index in [-0.39, 0.29) is 28.8 Å². The summed E-state index contributed by atoms with van der Waals surface area (Å²) >= 11 is 0. The molecule has 12 heteroatoms. The summed E-state index contributed by atoms with van der Waals surface area (Å²) in [6.45, 7) is 3.33. The molecule has 0 spiro atoms. The van der Waals surface area contributed by atoms with Gasteiger partial charge in [-0.1, -0.05) is 0 Å². The molecular formula is C21H24N4O6S2. The maximum absolute atomic E-state index is 12.6. The highest BCUT2D eigenvalue weighted by atomic mass is 32.2. The monoisotopic (exact) mass is 492 g/mol. The van der Waals surface area contributed by atoms with Gasteiger partial charge in [0.1, 0.15) is 35.5 Å². The summed E-state index contributed by atoms with van der Waals surface area (Å²) in [5, 5.41) is 0. The zero-order valence-corrected chi connectivity index (χ0v) is 19.9. The van der Waals surface area contributed by atoms with E-state index >= 15 is 0 Å². The number of nitrogens with zero attached hydrogens (tertiary/aromatic N) is 2. The van der Waals surface area contributed by atoms with E-state index in [0.717, 1.165) is 0 Å². The molecule has 0 amide bonds. The second-order valence-corrected chi connectivity index (χ2v) is 10.5. The van der Waals surface area contributed by atoms with Crippen molar-refractivity contribution in [1.29, 1.82) is 0 Å². The molecule has 2 aromatic carbocycles. The van der Waals surface area contributed by atoms with Crippen LogP contribution in [-0.2, 0) is 20.0 Å². The van der Waals surface area contributed by atoms with Gasteiger partial charge in [-0.05, 0) is 62.4 Å². The minimum atomic E-state index is -3.90. The lowest BCUT2D eigenvalue weighted by molar-refractivity contribution is 0.340. The Balaban J connectivity index is 1.59. The summed E-state index contributed by atoms with van der Waals surface area (Å²) in [6.07, 6.45) is 0. The van der Waals surface area contributed by atoms with Crippen LogP contribution in [0.5, 0.6) is 11.5 Å². The summed E-state index contributed by atoms with van der Waals surface area (Å²) in [5.41, 5.74) is 0.855. The van der Waals surface area contributed by atoms with Gasteiger partial charge in [0.15, 0.2) is 0 Å². The fourth-order valence-electron chi connectivity index (χ4n) is 2.84. The predicted molar refractivity (Wildman–Crippen MR) is 125 cm³/mol. The van der Waals surface area contributed by atoms with Crippen molar-refractivity contribution in [2.75, 3.05) is 28.9 Å². The molecule has 3 rings (SSSR count). The molecule has 176 valence electrons. The average molecular weight is 493 g/mol. The molecule has 0 aliphatic rings. The quantitative estimate of drug-likeness (QED) is 0.441. The highest BCUT2D eigenvalue weighted by Crippen LogP contribution is 2.19. The first-order valence-electron chi connectivity index (χ1n) is 9.79. The molecule has 0 saturated carbocycles. The molecule has 1 heterocycles. The average Bonchev–Trinajstić information content (AvgIpc) is 2.73. The number of rotatable bonds is 10. The second-order valence-electron chi connectivity index (χ2n) is 7.02. The van der Waals surface area contributed by atoms with Gasteiger partial charge in [0.2, 0.25) is 10.0 Å². The van der Waals surface area contributed by atoms with E-state index in [1.54, 1.807) is 45.2 Å². The van der Waals surface area contributed by atoms with Crippen LogP contribution in [0.25, 0.3) is 0 Å². The standard InChI is InChI=1S/C21H24N4O6S2/c1-15-14-21(23-16(2)22-15)25-33(28,29)20-10-4-17(5-11-20)24-32(26,27)13-12-31-19-8-6-18(30-3)7-9-19/h4-11,14,24H,12-13H2,1-3H3,(H,22,23,25). The van der Waals surface area contributed by atoms with Crippen molar-refractivity contribution in [2.45, 2.75) is 18.7 Å². The van der Waals surface area contributed by atoms with Crippen molar-refractivity contribution in [3.63, 3.8) is 0 Å². The van der Waals surface area contributed by atoms with Crippen molar-refractivity contribution >= 4 is 31.6 Å². The van der Waals surface area contributed by atoms with E-state index in [1.165, 1.54) is 30.3 Å². The van der Waals surface area contributed by atoms with Crippen LogP contribution >= 0.6 is 0 Å². The second kappa shape index (κ2) is 10.0. The molecule has 2 N–H and O–H groups in total. The van der Waals surface area contributed by atoms with E-state index < -0.39 is 20.0 Å². The normalized spacial score (nSPS) is 11.6. The number of aryl methyl sites for hydroxylation is 2. The fraction of sp³-hybridized carbons (Fsp3) is 0.238.